The molecule has 2 heterocycles. The van der Waals surface area contributed by atoms with Crippen LogP contribution in [0.2, 0.25) is 0 Å². The summed E-state index contributed by atoms with van der Waals surface area (Å²) in [5, 5.41) is 23.0. The zero-order chi connectivity index (χ0) is 32.2. The number of benzene rings is 4. The van der Waals surface area contributed by atoms with Gasteiger partial charge in [-0.1, -0.05) is 76.3 Å². The minimum Gasteiger partial charge on any atom is -0.456 e. The van der Waals surface area contributed by atoms with E-state index in [9.17, 15) is 10.5 Å². The molecule has 6 aromatic rings. The van der Waals surface area contributed by atoms with Crippen LogP contribution in [-0.2, 0) is 10.8 Å². The van der Waals surface area contributed by atoms with Crippen LogP contribution in [0, 0.1) is 28.6 Å². The molecular formula is C43H33N3O. The molecule has 3 aliphatic rings. The molecule has 9 rings (SSSR count). The Balaban J connectivity index is 1.29. The Bertz CT molecular complexity index is 2540. The molecule has 47 heavy (non-hydrogen) atoms. The minimum atomic E-state index is -0.0750. The average molecular weight is 608 g/mol. The van der Waals surface area contributed by atoms with Crippen molar-refractivity contribution in [3.8, 4) is 29.0 Å². The van der Waals surface area contributed by atoms with Crippen molar-refractivity contribution < 1.29 is 4.42 Å². The minimum absolute atomic E-state index is 0.0138. The van der Waals surface area contributed by atoms with Gasteiger partial charge in [-0.25, -0.2) is 0 Å². The SMILES string of the molecule is CC1CC=Cc2c1n(-c1cc(C#N)ccc1-c1ccc3oc4cc5c(cc4c3c1)C1(C)C=CC=CC1C5(C)C)c1ccc(C#N)cc21. The largest absolute Gasteiger partial charge is 0.456 e. The number of aromatic nitrogens is 1. The molecule has 4 heteroatoms. The molecule has 0 saturated heterocycles. The highest BCUT2D eigenvalue weighted by Gasteiger charge is 2.52. The smallest absolute Gasteiger partial charge is 0.135 e. The second-order valence-electron chi connectivity index (χ2n) is 14.3. The lowest BCUT2D eigenvalue weighted by Crippen LogP contribution is -2.33. The van der Waals surface area contributed by atoms with Gasteiger partial charge < -0.3 is 8.98 Å². The predicted molar refractivity (Wildman–Crippen MR) is 190 cm³/mol. The second-order valence-corrected chi connectivity index (χ2v) is 14.3. The van der Waals surface area contributed by atoms with E-state index in [1.807, 2.05) is 30.3 Å². The lowest BCUT2D eigenvalue weighted by Gasteiger charge is -2.36. The van der Waals surface area contributed by atoms with Crippen molar-refractivity contribution in [3.05, 3.63) is 131 Å². The first kappa shape index (κ1) is 27.7. The third-order valence-corrected chi connectivity index (χ3v) is 11.3. The number of nitrogens with zero attached hydrogens (tertiary/aromatic N) is 3. The van der Waals surface area contributed by atoms with Gasteiger partial charge in [-0.15, -0.1) is 0 Å². The van der Waals surface area contributed by atoms with Crippen LogP contribution in [0.4, 0.5) is 0 Å². The van der Waals surface area contributed by atoms with E-state index in [1.165, 1.54) is 16.8 Å². The summed E-state index contributed by atoms with van der Waals surface area (Å²) in [6, 6.07) is 27.7. The number of fused-ring (bicyclic) bond motifs is 9. The predicted octanol–water partition coefficient (Wildman–Crippen LogP) is 10.8. The average Bonchev–Trinajstić information content (AvgIpc) is 3.67. The highest BCUT2D eigenvalue weighted by Crippen LogP contribution is 2.57. The van der Waals surface area contributed by atoms with Gasteiger partial charge in [0.05, 0.1) is 34.5 Å². The summed E-state index contributed by atoms with van der Waals surface area (Å²) >= 11 is 0. The van der Waals surface area contributed by atoms with Crippen molar-refractivity contribution in [2.45, 2.75) is 50.9 Å². The molecule has 0 fully saturated rings. The first-order valence-corrected chi connectivity index (χ1v) is 16.4. The second kappa shape index (κ2) is 9.47. The zero-order valence-corrected chi connectivity index (χ0v) is 26.9. The van der Waals surface area contributed by atoms with E-state index in [1.54, 1.807) is 0 Å². The summed E-state index contributed by atoms with van der Waals surface area (Å²) in [5.41, 5.74) is 12.1. The normalized spacial score (nSPS) is 21.9. The van der Waals surface area contributed by atoms with E-state index >= 15 is 0 Å². The molecule has 0 radical (unpaired) electrons. The van der Waals surface area contributed by atoms with Crippen LogP contribution in [0.1, 0.15) is 73.5 Å². The summed E-state index contributed by atoms with van der Waals surface area (Å²) in [6.07, 6.45) is 14.4. The zero-order valence-electron chi connectivity index (χ0n) is 26.9. The molecule has 3 atom stereocenters. The third-order valence-electron chi connectivity index (χ3n) is 11.3. The van der Waals surface area contributed by atoms with Crippen LogP contribution in [0.3, 0.4) is 0 Å². The van der Waals surface area contributed by atoms with E-state index in [0.717, 1.165) is 61.6 Å². The molecule has 0 spiro atoms. The molecule has 226 valence electrons. The van der Waals surface area contributed by atoms with Gasteiger partial charge in [0, 0.05) is 44.3 Å². The number of rotatable bonds is 2. The first-order valence-electron chi connectivity index (χ1n) is 16.4. The van der Waals surface area contributed by atoms with Gasteiger partial charge in [-0.2, -0.15) is 10.5 Å². The fourth-order valence-electron chi connectivity index (χ4n) is 8.98. The van der Waals surface area contributed by atoms with Crippen molar-refractivity contribution in [1.29, 1.82) is 10.5 Å². The third kappa shape index (κ3) is 3.67. The Morgan fingerprint density at radius 3 is 2.43 bits per heavy atom. The molecule has 3 unspecified atom stereocenters. The molecular weight excluding hydrogens is 574 g/mol. The van der Waals surface area contributed by atoms with E-state index in [0.29, 0.717) is 17.0 Å². The lowest BCUT2D eigenvalue weighted by atomic mass is 9.67. The summed E-state index contributed by atoms with van der Waals surface area (Å²) in [7, 11) is 0. The Morgan fingerprint density at radius 2 is 1.60 bits per heavy atom. The highest BCUT2D eigenvalue weighted by molar-refractivity contribution is 6.07. The van der Waals surface area contributed by atoms with Crippen LogP contribution in [-0.4, -0.2) is 4.57 Å². The van der Waals surface area contributed by atoms with Crippen molar-refractivity contribution in [3.63, 3.8) is 0 Å². The molecule has 0 saturated carbocycles. The Morgan fingerprint density at radius 1 is 0.809 bits per heavy atom. The molecule has 3 aliphatic carbocycles. The Labute approximate surface area is 274 Å². The quantitative estimate of drug-likeness (QED) is 0.197. The maximum atomic E-state index is 10.0. The fourth-order valence-corrected chi connectivity index (χ4v) is 8.98. The van der Waals surface area contributed by atoms with E-state index < -0.39 is 0 Å². The van der Waals surface area contributed by atoms with Gasteiger partial charge in [-0.05, 0) is 89.0 Å². The van der Waals surface area contributed by atoms with Crippen molar-refractivity contribution in [2.24, 2.45) is 5.92 Å². The van der Waals surface area contributed by atoms with Crippen LogP contribution in [0.5, 0.6) is 0 Å². The van der Waals surface area contributed by atoms with E-state index in [-0.39, 0.29) is 16.7 Å². The van der Waals surface area contributed by atoms with Gasteiger partial charge >= 0.3 is 0 Å². The van der Waals surface area contributed by atoms with Gasteiger partial charge in [0.1, 0.15) is 11.2 Å². The van der Waals surface area contributed by atoms with Crippen LogP contribution < -0.4 is 0 Å². The van der Waals surface area contributed by atoms with Crippen molar-refractivity contribution >= 4 is 38.9 Å². The van der Waals surface area contributed by atoms with E-state index in [4.69, 9.17) is 4.42 Å². The molecule has 4 aromatic carbocycles. The van der Waals surface area contributed by atoms with Crippen molar-refractivity contribution in [1.82, 2.24) is 4.57 Å². The summed E-state index contributed by atoms with van der Waals surface area (Å²) < 4.78 is 8.86. The standard InChI is InChI=1S/C43H33N3O/c1-25-8-7-9-30-31-18-26(23-44)12-15-36(31)46(41(25)30)37-19-27(24-45)11-14-29(37)28-13-16-38-32(20-28)33-21-35-34(22-39(33)47-38)42(2,3)40-10-5-6-17-43(35,40)4/h5-7,9-22,25,40H,8H2,1-4H3. The Kier molecular flexibility index (Phi) is 5.59. The number of hydrogen-bond acceptors (Lipinski definition) is 3. The monoisotopic (exact) mass is 607 g/mol. The first-order chi connectivity index (χ1) is 22.7. The number of hydrogen-bond donors (Lipinski definition) is 0. The van der Waals surface area contributed by atoms with Gasteiger partial charge in [0.2, 0.25) is 0 Å². The highest BCUT2D eigenvalue weighted by atomic mass is 16.3. The molecule has 2 aromatic heterocycles. The molecule has 0 bridgehead atoms. The van der Waals surface area contributed by atoms with Gasteiger partial charge in [0.15, 0.2) is 0 Å². The lowest BCUT2D eigenvalue weighted by molar-refractivity contribution is 0.324. The van der Waals surface area contributed by atoms with Crippen molar-refractivity contribution in [2.75, 3.05) is 0 Å². The number of furan rings is 1. The summed E-state index contributed by atoms with van der Waals surface area (Å²) in [5.74, 6) is 0.653. The molecule has 4 nitrogen and oxygen atoms in total. The summed E-state index contributed by atoms with van der Waals surface area (Å²) in [6.45, 7) is 9.32. The van der Waals surface area contributed by atoms with Crippen LogP contribution in [0.15, 0.2) is 102 Å². The van der Waals surface area contributed by atoms with Gasteiger partial charge in [-0.3, -0.25) is 0 Å². The molecule has 0 amide bonds. The molecule has 0 N–H and O–H groups in total. The Hall–Kier alpha value is -5.58. The maximum absolute atomic E-state index is 10.0. The van der Waals surface area contributed by atoms with Crippen LogP contribution >= 0.6 is 0 Å². The number of allylic oxidation sites excluding steroid dienone is 5. The van der Waals surface area contributed by atoms with E-state index in [2.05, 4.69) is 117 Å². The fraction of sp³-hybridized carbons (Fsp3) is 0.209. The molecule has 0 aliphatic heterocycles. The van der Waals surface area contributed by atoms with Crippen LogP contribution in [0.25, 0.3) is 55.7 Å². The number of nitriles is 2. The summed E-state index contributed by atoms with van der Waals surface area (Å²) in [4.78, 5) is 0. The maximum Gasteiger partial charge on any atom is 0.135 e. The van der Waals surface area contributed by atoms with Gasteiger partial charge in [0.25, 0.3) is 0 Å². The topological polar surface area (TPSA) is 65.7 Å².